The third-order valence-electron chi connectivity index (χ3n) is 3.02. The third-order valence-corrected chi connectivity index (χ3v) is 3.02. The van der Waals surface area contributed by atoms with Gasteiger partial charge < -0.3 is 29.9 Å². The summed E-state index contributed by atoms with van der Waals surface area (Å²) in [7, 11) is 1.49. The van der Waals surface area contributed by atoms with E-state index in [0.29, 0.717) is 6.61 Å². The molecule has 1 aliphatic heterocycles. The summed E-state index contributed by atoms with van der Waals surface area (Å²) in [5, 5.41) is 27.5. The average Bonchev–Trinajstić information content (AvgIpc) is 2.76. The molecule has 1 saturated heterocycles. The Hall–Kier alpha value is -1.38. The van der Waals surface area contributed by atoms with E-state index >= 15 is 0 Å². The number of hydrogen-bond acceptors (Lipinski definition) is 5. The van der Waals surface area contributed by atoms with Gasteiger partial charge in [0.15, 0.2) is 0 Å². The monoisotopic (exact) mass is 276 g/mol. The molecule has 8 heteroatoms. The number of ether oxygens (including phenoxy) is 1. The van der Waals surface area contributed by atoms with Gasteiger partial charge in [-0.3, -0.25) is 0 Å². The van der Waals surface area contributed by atoms with Crippen LogP contribution in [-0.4, -0.2) is 89.2 Å². The molecule has 0 aromatic heterocycles. The lowest BCUT2D eigenvalue weighted by atomic mass is 10.2. The smallest absolute Gasteiger partial charge is 0.326 e. The molecule has 0 radical (unpaired) electrons. The second-order valence-corrected chi connectivity index (χ2v) is 4.38. The number of carboxylic acids is 1. The maximum Gasteiger partial charge on any atom is 0.326 e. The molecular weight excluding hydrogens is 256 g/mol. The molecule has 3 N–H and O–H groups in total. The largest absolute Gasteiger partial charge is 0.480 e. The molecule has 0 saturated carbocycles. The van der Waals surface area contributed by atoms with Gasteiger partial charge in [0.25, 0.3) is 0 Å². The second kappa shape index (κ2) is 7.27. The van der Waals surface area contributed by atoms with Gasteiger partial charge in [-0.2, -0.15) is 0 Å². The van der Waals surface area contributed by atoms with Crippen molar-refractivity contribution in [2.75, 3.05) is 40.0 Å². The summed E-state index contributed by atoms with van der Waals surface area (Å²) < 4.78 is 4.87. The Morgan fingerprint density at radius 3 is 2.63 bits per heavy atom. The highest BCUT2D eigenvalue weighted by Gasteiger charge is 2.40. The molecule has 1 fully saturated rings. The SMILES string of the molecule is COCCN(CCO)C(=O)N1CC(O)CC1C(=O)O. The fourth-order valence-corrected chi connectivity index (χ4v) is 2.07. The van der Waals surface area contributed by atoms with Crippen LogP contribution in [0, 0.1) is 0 Å². The number of β-amino-alcohol motifs (C(OH)–C–C–N with tert-alkyl or cyclic N) is 1. The molecular formula is C11H20N2O6. The Labute approximate surface area is 111 Å². The van der Waals surface area contributed by atoms with Gasteiger partial charge in [-0.1, -0.05) is 0 Å². The van der Waals surface area contributed by atoms with Gasteiger partial charge in [0.05, 0.1) is 19.3 Å². The number of likely N-dealkylation sites (tertiary alicyclic amines) is 1. The molecule has 110 valence electrons. The number of aliphatic hydroxyl groups is 2. The van der Waals surface area contributed by atoms with Gasteiger partial charge in [0.1, 0.15) is 6.04 Å². The number of hydrogen-bond donors (Lipinski definition) is 3. The highest BCUT2D eigenvalue weighted by molar-refractivity contribution is 5.83. The highest BCUT2D eigenvalue weighted by Crippen LogP contribution is 2.19. The van der Waals surface area contributed by atoms with E-state index in [1.165, 1.54) is 12.0 Å². The minimum absolute atomic E-state index is 0.00922. The molecule has 8 nitrogen and oxygen atoms in total. The molecule has 19 heavy (non-hydrogen) atoms. The van der Waals surface area contributed by atoms with Crippen molar-refractivity contribution in [2.24, 2.45) is 0 Å². The van der Waals surface area contributed by atoms with Crippen molar-refractivity contribution in [3.05, 3.63) is 0 Å². The summed E-state index contributed by atoms with van der Waals surface area (Å²) in [5.74, 6) is -1.14. The summed E-state index contributed by atoms with van der Waals surface area (Å²) in [5.41, 5.74) is 0. The van der Waals surface area contributed by atoms with E-state index in [0.717, 1.165) is 4.90 Å². The van der Waals surface area contributed by atoms with E-state index in [1.54, 1.807) is 0 Å². The second-order valence-electron chi connectivity index (χ2n) is 4.38. The average molecular weight is 276 g/mol. The molecule has 2 atom stereocenters. The lowest BCUT2D eigenvalue weighted by Gasteiger charge is -2.29. The van der Waals surface area contributed by atoms with Crippen LogP contribution in [0.15, 0.2) is 0 Å². The first-order valence-electron chi connectivity index (χ1n) is 6.07. The third kappa shape index (κ3) is 4.05. The molecule has 2 amide bonds. The number of carbonyl (C=O) groups is 2. The zero-order valence-corrected chi connectivity index (χ0v) is 10.9. The molecule has 0 bridgehead atoms. The Balaban J connectivity index is 2.73. The number of urea groups is 1. The zero-order chi connectivity index (χ0) is 14.4. The van der Waals surface area contributed by atoms with Gasteiger partial charge in [-0.05, 0) is 0 Å². The van der Waals surface area contributed by atoms with Crippen LogP contribution in [-0.2, 0) is 9.53 Å². The van der Waals surface area contributed by atoms with Gasteiger partial charge in [0.2, 0.25) is 0 Å². The van der Waals surface area contributed by atoms with Crippen molar-refractivity contribution >= 4 is 12.0 Å². The number of carbonyl (C=O) groups excluding carboxylic acids is 1. The van der Waals surface area contributed by atoms with E-state index in [1.807, 2.05) is 0 Å². The van der Waals surface area contributed by atoms with Gasteiger partial charge in [-0.25, -0.2) is 9.59 Å². The van der Waals surface area contributed by atoms with Gasteiger partial charge >= 0.3 is 12.0 Å². The zero-order valence-electron chi connectivity index (χ0n) is 10.9. The van der Waals surface area contributed by atoms with E-state index < -0.39 is 24.1 Å². The summed E-state index contributed by atoms with van der Waals surface area (Å²) in [6.07, 6.45) is -0.804. The first-order valence-corrected chi connectivity index (χ1v) is 6.07. The minimum Gasteiger partial charge on any atom is -0.480 e. The molecule has 0 aliphatic carbocycles. The topological polar surface area (TPSA) is 111 Å². The first kappa shape index (κ1) is 15.7. The van der Waals surface area contributed by atoms with Crippen LogP contribution >= 0.6 is 0 Å². The summed E-state index contributed by atoms with van der Waals surface area (Å²) in [6, 6.07) is -1.53. The number of amides is 2. The Kier molecular flexibility index (Phi) is 6.00. The summed E-state index contributed by atoms with van der Waals surface area (Å²) in [4.78, 5) is 25.7. The molecule has 0 aromatic carbocycles. The van der Waals surface area contributed by atoms with Crippen molar-refractivity contribution in [1.82, 2.24) is 9.80 Å². The normalized spacial score (nSPS) is 22.6. The maximum absolute atomic E-state index is 12.2. The molecule has 0 spiro atoms. The highest BCUT2D eigenvalue weighted by atomic mass is 16.5. The molecule has 1 heterocycles. The van der Waals surface area contributed by atoms with E-state index in [2.05, 4.69) is 0 Å². The number of aliphatic carboxylic acids is 1. The van der Waals surface area contributed by atoms with Crippen LogP contribution in [0.3, 0.4) is 0 Å². The van der Waals surface area contributed by atoms with E-state index in [4.69, 9.17) is 14.9 Å². The Morgan fingerprint density at radius 2 is 2.11 bits per heavy atom. The van der Waals surface area contributed by atoms with Crippen molar-refractivity contribution in [2.45, 2.75) is 18.6 Å². The molecule has 1 rings (SSSR count). The predicted octanol–water partition coefficient (Wildman–Crippen LogP) is -1.43. The van der Waals surface area contributed by atoms with E-state index in [-0.39, 0.29) is 32.7 Å². The number of aliphatic hydroxyl groups excluding tert-OH is 2. The fraction of sp³-hybridized carbons (Fsp3) is 0.818. The van der Waals surface area contributed by atoms with Crippen molar-refractivity contribution in [3.8, 4) is 0 Å². The van der Waals surface area contributed by atoms with Crippen molar-refractivity contribution in [1.29, 1.82) is 0 Å². The summed E-state index contributed by atoms with van der Waals surface area (Å²) in [6.45, 7) is 0.421. The maximum atomic E-state index is 12.2. The van der Waals surface area contributed by atoms with E-state index in [9.17, 15) is 14.7 Å². The van der Waals surface area contributed by atoms with Crippen molar-refractivity contribution < 1.29 is 29.6 Å². The Bertz CT molecular complexity index is 324. The number of methoxy groups -OCH3 is 1. The standard InChI is InChI=1S/C11H20N2O6/c1-19-5-3-12(2-4-14)11(18)13-7-8(15)6-9(13)10(16)17/h8-9,14-15H,2-7H2,1H3,(H,16,17). The molecule has 2 unspecified atom stereocenters. The Morgan fingerprint density at radius 1 is 1.42 bits per heavy atom. The number of rotatable bonds is 6. The van der Waals surface area contributed by atoms with Crippen LogP contribution < -0.4 is 0 Å². The van der Waals surface area contributed by atoms with Crippen LogP contribution in [0.2, 0.25) is 0 Å². The molecule has 1 aliphatic rings. The number of carboxylic acid groups (broad SMARTS) is 1. The lowest BCUT2D eigenvalue weighted by Crippen LogP contribution is -2.49. The first-order chi connectivity index (χ1) is 9.01. The fourth-order valence-electron chi connectivity index (χ4n) is 2.07. The lowest BCUT2D eigenvalue weighted by molar-refractivity contribution is -0.141. The molecule has 0 aromatic rings. The van der Waals surface area contributed by atoms with Crippen LogP contribution in [0.25, 0.3) is 0 Å². The van der Waals surface area contributed by atoms with Crippen LogP contribution in [0.1, 0.15) is 6.42 Å². The van der Waals surface area contributed by atoms with Crippen LogP contribution in [0.5, 0.6) is 0 Å². The van der Waals surface area contributed by atoms with Crippen molar-refractivity contribution in [3.63, 3.8) is 0 Å². The summed E-state index contributed by atoms with van der Waals surface area (Å²) >= 11 is 0. The van der Waals surface area contributed by atoms with Gasteiger partial charge in [0, 0.05) is 33.2 Å². The van der Waals surface area contributed by atoms with Gasteiger partial charge in [-0.15, -0.1) is 0 Å². The quantitative estimate of drug-likeness (QED) is 0.548. The predicted molar refractivity (Wildman–Crippen MR) is 64.7 cm³/mol. The number of nitrogens with zero attached hydrogens (tertiary/aromatic N) is 2. The van der Waals surface area contributed by atoms with Crippen LogP contribution in [0.4, 0.5) is 4.79 Å². The minimum atomic E-state index is -1.14.